The van der Waals surface area contributed by atoms with Crippen LogP contribution in [0.4, 0.5) is 4.79 Å². The van der Waals surface area contributed by atoms with Crippen LogP contribution >= 0.6 is 0 Å². The highest BCUT2D eigenvalue weighted by molar-refractivity contribution is 6.03. The Bertz CT molecular complexity index is 1210. The summed E-state index contributed by atoms with van der Waals surface area (Å²) in [5.41, 5.74) is 3.18. The van der Waals surface area contributed by atoms with Crippen molar-refractivity contribution in [3.05, 3.63) is 83.6 Å². The summed E-state index contributed by atoms with van der Waals surface area (Å²) in [5.74, 6) is -0.637. The maximum atomic E-state index is 13.2. The number of hydrogen-bond donors (Lipinski definition) is 1. The average Bonchev–Trinajstić information content (AvgIpc) is 3.25. The summed E-state index contributed by atoms with van der Waals surface area (Å²) in [6.45, 7) is 0.0868. The number of carbonyl (C=O) groups is 3. The molecular formula is C27H28N2O5. The summed E-state index contributed by atoms with van der Waals surface area (Å²) in [4.78, 5) is 38.1. The number of nitrogens with one attached hydrogen (secondary N) is 1. The summed E-state index contributed by atoms with van der Waals surface area (Å²) >= 11 is 0. The number of alkyl carbamates (subject to hydrolysis) is 1. The Balaban J connectivity index is 1.54. The quantitative estimate of drug-likeness (QED) is 0.512. The SMILES string of the molecule is COC(=O)[C@H](Cc1cn(C(=O)C2=CCCCC2)c2ccccc12)NC(=O)OCc1ccccc1. The zero-order chi connectivity index (χ0) is 23.9. The molecule has 0 bridgehead atoms. The van der Waals surface area contributed by atoms with E-state index in [0.29, 0.717) is 0 Å². The maximum absolute atomic E-state index is 13.2. The topological polar surface area (TPSA) is 86.6 Å². The van der Waals surface area contributed by atoms with E-state index in [-0.39, 0.29) is 18.9 Å². The molecule has 176 valence electrons. The molecule has 1 aromatic heterocycles. The highest BCUT2D eigenvalue weighted by Gasteiger charge is 2.26. The molecule has 0 saturated heterocycles. The molecule has 3 aromatic rings. The molecule has 1 aliphatic rings. The molecule has 1 aliphatic carbocycles. The molecule has 1 N–H and O–H groups in total. The zero-order valence-corrected chi connectivity index (χ0v) is 19.2. The second kappa shape index (κ2) is 10.8. The third-order valence-electron chi connectivity index (χ3n) is 5.99. The number of rotatable bonds is 7. The molecule has 0 saturated carbocycles. The van der Waals surface area contributed by atoms with Crippen LogP contribution in [0.3, 0.4) is 0 Å². The van der Waals surface area contributed by atoms with Gasteiger partial charge in [0.15, 0.2) is 0 Å². The van der Waals surface area contributed by atoms with E-state index >= 15 is 0 Å². The van der Waals surface area contributed by atoms with Gasteiger partial charge in [0, 0.05) is 23.6 Å². The van der Waals surface area contributed by atoms with Gasteiger partial charge in [-0.15, -0.1) is 0 Å². The van der Waals surface area contributed by atoms with Crippen molar-refractivity contribution in [2.75, 3.05) is 7.11 Å². The van der Waals surface area contributed by atoms with Crippen molar-refractivity contribution in [3.8, 4) is 0 Å². The predicted molar refractivity (Wildman–Crippen MR) is 128 cm³/mol. The molecule has 1 heterocycles. The highest BCUT2D eigenvalue weighted by Crippen LogP contribution is 2.26. The van der Waals surface area contributed by atoms with Gasteiger partial charge in [0.05, 0.1) is 12.6 Å². The lowest BCUT2D eigenvalue weighted by atomic mass is 9.99. The van der Waals surface area contributed by atoms with Crippen LogP contribution < -0.4 is 5.32 Å². The van der Waals surface area contributed by atoms with Crippen molar-refractivity contribution in [1.82, 2.24) is 9.88 Å². The Morgan fingerprint density at radius 1 is 1.03 bits per heavy atom. The van der Waals surface area contributed by atoms with Gasteiger partial charge in [-0.3, -0.25) is 9.36 Å². The fourth-order valence-electron chi connectivity index (χ4n) is 4.23. The van der Waals surface area contributed by atoms with Crippen LogP contribution in [0.25, 0.3) is 10.9 Å². The molecular weight excluding hydrogens is 432 g/mol. The van der Waals surface area contributed by atoms with Crippen LogP contribution in [0, 0.1) is 0 Å². The van der Waals surface area contributed by atoms with E-state index in [1.807, 2.05) is 60.7 Å². The van der Waals surface area contributed by atoms with Gasteiger partial charge in [0.2, 0.25) is 0 Å². The highest BCUT2D eigenvalue weighted by atomic mass is 16.6. The molecule has 0 radical (unpaired) electrons. The molecule has 34 heavy (non-hydrogen) atoms. The zero-order valence-electron chi connectivity index (χ0n) is 19.2. The molecule has 2 aromatic carbocycles. The summed E-state index contributed by atoms with van der Waals surface area (Å²) in [6.07, 6.45) is 6.99. The minimum absolute atomic E-state index is 0.0491. The van der Waals surface area contributed by atoms with E-state index in [4.69, 9.17) is 9.47 Å². The monoisotopic (exact) mass is 460 g/mol. The van der Waals surface area contributed by atoms with Crippen molar-refractivity contribution in [1.29, 1.82) is 0 Å². The van der Waals surface area contributed by atoms with Crippen LogP contribution in [-0.4, -0.2) is 35.7 Å². The Labute approximate surface area is 198 Å². The van der Waals surface area contributed by atoms with E-state index in [9.17, 15) is 14.4 Å². The summed E-state index contributed by atoms with van der Waals surface area (Å²) in [7, 11) is 1.27. The van der Waals surface area contributed by atoms with Gasteiger partial charge in [-0.25, -0.2) is 9.59 Å². The van der Waals surface area contributed by atoms with Crippen molar-refractivity contribution < 1.29 is 23.9 Å². The number of esters is 1. The van der Waals surface area contributed by atoms with Crippen molar-refractivity contribution in [2.24, 2.45) is 0 Å². The van der Waals surface area contributed by atoms with Crippen molar-refractivity contribution >= 4 is 28.9 Å². The van der Waals surface area contributed by atoms with Crippen LogP contribution in [0.5, 0.6) is 0 Å². The van der Waals surface area contributed by atoms with Gasteiger partial charge in [-0.05, 0) is 42.9 Å². The number of methoxy groups -OCH3 is 1. The second-order valence-corrected chi connectivity index (χ2v) is 8.31. The van der Waals surface area contributed by atoms with Gasteiger partial charge >= 0.3 is 12.1 Å². The Hall–Kier alpha value is -3.87. The van der Waals surface area contributed by atoms with Gasteiger partial charge < -0.3 is 14.8 Å². The molecule has 0 unspecified atom stereocenters. The van der Waals surface area contributed by atoms with Crippen LogP contribution in [0.15, 0.2) is 72.4 Å². The predicted octanol–water partition coefficient (Wildman–Crippen LogP) is 4.79. The third kappa shape index (κ3) is 5.36. The largest absolute Gasteiger partial charge is 0.467 e. The number of allylic oxidation sites excluding steroid dienone is 2. The number of ether oxygens (including phenoxy) is 2. The van der Waals surface area contributed by atoms with E-state index < -0.39 is 18.1 Å². The lowest BCUT2D eigenvalue weighted by molar-refractivity contribution is -0.143. The van der Waals surface area contributed by atoms with Gasteiger partial charge in [0.25, 0.3) is 5.91 Å². The van der Waals surface area contributed by atoms with Crippen molar-refractivity contribution in [2.45, 2.75) is 44.8 Å². The number of nitrogens with zero attached hydrogens (tertiary/aromatic N) is 1. The number of carbonyl (C=O) groups excluding carboxylic acids is 3. The van der Waals surface area contributed by atoms with Crippen LogP contribution in [-0.2, 0) is 27.3 Å². The molecule has 0 fully saturated rings. The molecule has 0 spiro atoms. The van der Waals surface area contributed by atoms with E-state index in [1.165, 1.54) is 7.11 Å². The number of aromatic nitrogens is 1. The van der Waals surface area contributed by atoms with Gasteiger partial charge in [-0.1, -0.05) is 54.6 Å². The number of amides is 1. The Kier molecular flexibility index (Phi) is 7.42. The Morgan fingerprint density at radius 3 is 2.53 bits per heavy atom. The molecule has 1 amide bonds. The lowest BCUT2D eigenvalue weighted by Crippen LogP contribution is -2.43. The normalized spacial score (nSPS) is 14.2. The lowest BCUT2D eigenvalue weighted by Gasteiger charge is -2.16. The van der Waals surface area contributed by atoms with Gasteiger partial charge in [0.1, 0.15) is 12.6 Å². The van der Waals surface area contributed by atoms with Crippen LogP contribution in [0.1, 0.15) is 41.6 Å². The van der Waals surface area contributed by atoms with Crippen LogP contribution in [0.2, 0.25) is 0 Å². The third-order valence-corrected chi connectivity index (χ3v) is 5.99. The van der Waals surface area contributed by atoms with E-state index in [1.54, 1.807) is 10.8 Å². The van der Waals surface area contributed by atoms with Gasteiger partial charge in [-0.2, -0.15) is 0 Å². The molecule has 1 atom stereocenters. The standard InChI is InChI=1S/C27H28N2O5/c1-33-26(31)23(28-27(32)34-18-19-10-4-2-5-11-19)16-21-17-29(24-15-9-8-14-22(21)24)25(30)20-12-6-3-7-13-20/h2,4-5,8-12,14-15,17,23H,3,6-7,13,16,18H2,1H3,(H,28,32)/t23-/m0/s1. The number of benzene rings is 2. The average molecular weight is 461 g/mol. The summed E-state index contributed by atoms with van der Waals surface area (Å²) in [6, 6.07) is 15.9. The minimum atomic E-state index is -0.962. The molecule has 7 heteroatoms. The Morgan fingerprint density at radius 2 is 1.79 bits per heavy atom. The maximum Gasteiger partial charge on any atom is 0.408 e. The van der Waals surface area contributed by atoms with Crippen molar-refractivity contribution in [3.63, 3.8) is 0 Å². The van der Waals surface area contributed by atoms with E-state index in [0.717, 1.165) is 53.3 Å². The number of hydrogen-bond acceptors (Lipinski definition) is 5. The molecule has 4 rings (SSSR count). The summed E-state index contributed by atoms with van der Waals surface area (Å²) in [5, 5.41) is 3.46. The summed E-state index contributed by atoms with van der Waals surface area (Å²) < 4.78 is 11.8. The minimum Gasteiger partial charge on any atom is -0.467 e. The van der Waals surface area contributed by atoms with E-state index in [2.05, 4.69) is 5.32 Å². The molecule has 7 nitrogen and oxygen atoms in total. The number of para-hydroxylation sites is 1. The number of fused-ring (bicyclic) bond motifs is 1. The first kappa shape index (κ1) is 23.3. The smallest absolute Gasteiger partial charge is 0.408 e. The first-order valence-electron chi connectivity index (χ1n) is 11.4. The first-order valence-corrected chi connectivity index (χ1v) is 11.4. The molecule has 0 aliphatic heterocycles. The fourth-order valence-corrected chi connectivity index (χ4v) is 4.23. The fraction of sp³-hybridized carbons (Fsp3) is 0.296. The first-order chi connectivity index (χ1) is 16.6. The second-order valence-electron chi connectivity index (χ2n) is 8.31.